The Bertz CT molecular complexity index is 110. The van der Waals surface area contributed by atoms with Gasteiger partial charge in [0.2, 0.25) is 0 Å². The first kappa shape index (κ1) is 9.01. The molecule has 0 aliphatic carbocycles. The predicted molar refractivity (Wildman–Crippen MR) is 47.3 cm³/mol. The molecule has 0 radical (unpaired) electrons. The van der Waals surface area contributed by atoms with Crippen LogP contribution in [-0.2, 0) is 0 Å². The van der Waals surface area contributed by atoms with Crippen LogP contribution in [0.2, 0.25) is 0 Å². The Kier molecular flexibility index (Phi) is 3.34. The van der Waals surface area contributed by atoms with E-state index in [0.29, 0.717) is 0 Å². The summed E-state index contributed by atoms with van der Waals surface area (Å²) in [6.07, 6.45) is 2.77. The second kappa shape index (κ2) is 4.07. The number of nitrogens with zero attached hydrogens (tertiary/aromatic N) is 1. The molecule has 0 saturated carbocycles. The molecule has 2 nitrogen and oxygen atoms in total. The van der Waals surface area contributed by atoms with Gasteiger partial charge in [-0.05, 0) is 26.4 Å². The Morgan fingerprint density at radius 3 is 2.91 bits per heavy atom. The molecule has 0 aromatic carbocycles. The van der Waals surface area contributed by atoms with Gasteiger partial charge in [0.1, 0.15) is 0 Å². The average Bonchev–Trinajstić information content (AvgIpc) is 1.85. The van der Waals surface area contributed by atoms with Crippen LogP contribution in [0.4, 0.5) is 0 Å². The molecule has 2 heteroatoms. The molecule has 2 atom stereocenters. The Hall–Kier alpha value is -0.0800. The fourth-order valence-corrected chi connectivity index (χ4v) is 1.93. The van der Waals surface area contributed by atoms with Crippen LogP contribution in [0.3, 0.4) is 0 Å². The Labute approximate surface area is 70.2 Å². The molecule has 0 aromatic rings. The van der Waals surface area contributed by atoms with E-state index in [9.17, 15) is 0 Å². The smallest absolute Gasteiger partial charge is 0.0569 e. The van der Waals surface area contributed by atoms with Crippen LogP contribution in [0.15, 0.2) is 0 Å². The lowest BCUT2D eigenvalue weighted by Gasteiger charge is -2.31. The molecule has 1 aliphatic heterocycles. The van der Waals surface area contributed by atoms with Crippen LogP contribution in [0.5, 0.6) is 0 Å². The third-order valence-electron chi connectivity index (χ3n) is 2.36. The van der Waals surface area contributed by atoms with Crippen molar-refractivity contribution in [3.05, 3.63) is 7.05 Å². The van der Waals surface area contributed by atoms with E-state index in [1.54, 1.807) is 0 Å². The van der Waals surface area contributed by atoms with Gasteiger partial charge in [0, 0.05) is 19.5 Å². The molecule has 0 bridgehead atoms. The summed E-state index contributed by atoms with van der Waals surface area (Å²) in [5, 5.41) is 0. The minimum atomic E-state index is 0.881. The van der Waals surface area contributed by atoms with E-state index in [2.05, 4.69) is 26.0 Å². The first-order chi connectivity index (χ1) is 5.18. The highest BCUT2D eigenvalue weighted by atomic mass is 15.1. The minimum absolute atomic E-state index is 0.881. The van der Waals surface area contributed by atoms with Crippen molar-refractivity contribution in [2.75, 3.05) is 33.7 Å². The first-order valence-electron chi connectivity index (χ1n) is 4.51. The number of rotatable bonds is 2. The molecule has 1 fully saturated rings. The molecule has 66 valence electrons. The van der Waals surface area contributed by atoms with Crippen LogP contribution in [-0.4, -0.2) is 38.6 Å². The van der Waals surface area contributed by atoms with Crippen molar-refractivity contribution in [1.29, 1.82) is 0 Å². The molecule has 1 rings (SSSR count). The van der Waals surface area contributed by atoms with Crippen molar-refractivity contribution in [3.8, 4) is 0 Å². The highest BCUT2D eigenvalue weighted by Crippen LogP contribution is 2.12. The Balaban J connectivity index is 2.23. The van der Waals surface area contributed by atoms with Crippen LogP contribution in [0.1, 0.15) is 12.8 Å². The number of hydrogen-bond acceptors (Lipinski definition) is 1. The third kappa shape index (κ3) is 3.21. The Morgan fingerprint density at radius 1 is 1.64 bits per heavy atom. The average molecular weight is 156 g/mol. The van der Waals surface area contributed by atoms with E-state index in [1.807, 2.05) is 0 Å². The van der Waals surface area contributed by atoms with Crippen LogP contribution >= 0.6 is 0 Å². The van der Waals surface area contributed by atoms with Crippen molar-refractivity contribution in [2.24, 2.45) is 5.92 Å². The topological polar surface area (TPSA) is 7.68 Å². The van der Waals surface area contributed by atoms with Crippen LogP contribution < -0.4 is 4.90 Å². The van der Waals surface area contributed by atoms with Crippen molar-refractivity contribution in [1.82, 2.24) is 4.90 Å². The largest absolute Gasteiger partial charge is 0.470 e. The van der Waals surface area contributed by atoms with Gasteiger partial charge in [0.15, 0.2) is 0 Å². The molecule has 0 spiro atoms. The number of quaternary nitrogens is 1. The van der Waals surface area contributed by atoms with Gasteiger partial charge in [0.05, 0.1) is 6.54 Å². The van der Waals surface area contributed by atoms with Gasteiger partial charge in [-0.15, -0.1) is 0 Å². The molecule has 1 N–H and O–H groups in total. The van der Waals surface area contributed by atoms with E-state index in [0.717, 1.165) is 5.92 Å². The maximum Gasteiger partial charge on any atom is 0.0569 e. The quantitative estimate of drug-likeness (QED) is 0.536. The first-order valence-corrected chi connectivity index (χ1v) is 4.51. The van der Waals surface area contributed by atoms with Gasteiger partial charge in [-0.1, -0.05) is 0 Å². The van der Waals surface area contributed by atoms with Crippen molar-refractivity contribution in [3.63, 3.8) is 0 Å². The predicted octanol–water partition coefficient (Wildman–Crippen LogP) is -0.366. The molecule has 1 aliphatic rings. The monoisotopic (exact) mass is 156 g/mol. The SMILES string of the molecule is [CH2-][NH+](C)CC1CCCN(C)C1. The molecule has 1 heterocycles. The van der Waals surface area contributed by atoms with Gasteiger partial charge in [0.25, 0.3) is 0 Å². The second-order valence-corrected chi connectivity index (χ2v) is 3.93. The normalized spacial score (nSPS) is 30.3. The number of piperidine rings is 1. The second-order valence-electron chi connectivity index (χ2n) is 3.93. The van der Waals surface area contributed by atoms with E-state index >= 15 is 0 Å². The molecular formula is C9H20N2. The summed E-state index contributed by atoms with van der Waals surface area (Å²) in [4.78, 5) is 3.77. The zero-order valence-electron chi connectivity index (χ0n) is 7.77. The summed E-state index contributed by atoms with van der Waals surface area (Å²) in [5.74, 6) is 0.881. The van der Waals surface area contributed by atoms with E-state index in [4.69, 9.17) is 0 Å². The maximum atomic E-state index is 3.96. The maximum absolute atomic E-state index is 3.96. The third-order valence-corrected chi connectivity index (χ3v) is 2.36. The van der Waals surface area contributed by atoms with Crippen molar-refractivity contribution < 1.29 is 4.90 Å². The van der Waals surface area contributed by atoms with Crippen LogP contribution in [0.25, 0.3) is 0 Å². The van der Waals surface area contributed by atoms with Gasteiger partial charge in [-0.3, -0.25) is 0 Å². The summed E-state index contributed by atoms with van der Waals surface area (Å²) in [6, 6.07) is 0. The van der Waals surface area contributed by atoms with Crippen LogP contribution in [0, 0.1) is 13.0 Å². The molecule has 2 unspecified atom stereocenters. The molecular weight excluding hydrogens is 136 g/mol. The van der Waals surface area contributed by atoms with E-state index < -0.39 is 0 Å². The summed E-state index contributed by atoms with van der Waals surface area (Å²) < 4.78 is 0. The van der Waals surface area contributed by atoms with Crippen molar-refractivity contribution >= 4 is 0 Å². The number of nitrogens with one attached hydrogen (secondary N) is 1. The lowest BCUT2D eigenvalue weighted by Crippen LogP contribution is -3.04. The minimum Gasteiger partial charge on any atom is -0.470 e. The van der Waals surface area contributed by atoms with Gasteiger partial charge in [-0.25, -0.2) is 0 Å². The molecule has 0 aromatic heterocycles. The van der Waals surface area contributed by atoms with Gasteiger partial charge < -0.3 is 9.80 Å². The number of hydrogen-bond donors (Lipinski definition) is 1. The zero-order chi connectivity index (χ0) is 8.27. The number of likely N-dealkylation sites (tertiary alicyclic amines) is 1. The van der Waals surface area contributed by atoms with Gasteiger partial charge in [-0.2, -0.15) is 7.05 Å². The summed E-state index contributed by atoms with van der Waals surface area (Å²) in [6.45, 7) is 3.78. The van der Waals surface area contributed by atoms with E-state index in [-0.39, 0.29) is 0 Å². The standard InChI is InChI=1S/C9H20N2/c1-10(2)7-9-5-4-6-11(3)8-9/h9-10H,1,4-8H2,2-3H3. The molecule has 1 saturated heterocycles. The highest BCUT2D eigenvalue weighted by molar-refractivity contribution is 4.69. The van der Waals surface area contributed by atoms with Crippen molar-refractivity contribution in [2.45, 2.75) is 12.8 Å². The zero-order valence-corrected chi connectivity index (χ0v) is 7.77. The molecule has 0 amide bonds. The Morgan fingerprint density at radius 2 is 2.36 bits per heavy atom. The molecule has 11 heavy (non-hydrogen) atoms. The summed E-state index contributed by atoms with van der Waals surface area (Å²) in [7, 11) is 8.30. The fourth-order valence-electron chi connectivity index (χ4n) is 1.93. The lowest BCUT2D eigenvalue weighted by atomic mass is 9.98. The van der Waals surface area contributed by atoms with Gasteiger partial charge >= 0.3 is 0 Å². The van der Waals surface area contributed by atoms with E-state index in [1.165, 1.54) is 37.4 Å². The lowest BCUT2D eigenvalue weighted by molar-refractivity contribution is -0.835. The summed E-state index contributed by atoms with van der Waals surface area (Å²) >= 11 is 0. The highest BCUT2D eigenvalue weighted by Gasteiger charge is 2.17. The fraction of sp³-hybridized carbons (Fsp3) is 0.889. The summed E-state index contributed by atoms with van der Waals surface area (Å²) in [5.41, 5.74) is 0.